The van der Waals surface area contributed by atoms with Gasteiger partial charge in [-0.05, 0) is 12.1 Å². The van der Waals surface area contributed by atoms with Crippen LogP contribution in [0.25, 0.3) is 0 Å². The molecule has 1 aliphatic rings. The van der Waals surface area contributed by atoms with E-state index < -0.39 is 11.9 Å². The van der Waals surface area contributed by atoms with E-state index in [1.807, 2.05) is 0 Å². The first-order valence-corrected chi connectivity index (χ1v) is 5.47. The number of fused-ring (bicyclic) bond motifs is 1. The maximum absolute atomic E-state index is 13.6. The fourth-order valence-corrected chi connectivity index (χ4v) is 2.01. The predicted octanol–water partition coefficient (Wildman–Crippen LogP) is 1.27. The van der Waals surface area contributed by atoms with Gasteiger partial charge >= 0.3 is 0 Å². The summed E-state index contributed by atoms with van der Waals surface area (Å²) < 4.78 is 19.4. The zero-order valence-electron chi connectivity index (χ0n) is 8.54. The average molecular weight is 289 g/mol. The molecule has 0 saturated heterocycles. The number of ether oxygens (including phenoxy) is 1. The Labute approximate surface area is 100 Å². The average Bonchev–Trinajstić information content (AvgIpc) is 2.24. The summed E-state index contributed by atoms with van der Waals surface area (Å²) in [5, 5.41) is 0. The molecule has 4 nitrogen and oxygen atoms in total. The SMILES string of the molecule is CN1C(=O)C(CN)Oc2c(F)cc(Br)cc21. The largest absolute Gasteiger partial charge is 0.474 e. The van der Waals surface area contributed by atoms with Crippen LogP contribution in [0.2, 0.25) is 0 Å². The summed E-state index contributed by atoms with van der Waals surface area (Å²) in [6.45, 7) is 0.0259. The molecule has 0 saturated carbocycles. The van der Waals surface area contributed by atoms with Gasteiger partial charge in [0.25, 0.3) is 5.91 Å². The third-order valence-corrected chi connectivity index (χ3v) is 2.89. The summed E-state index contributed by atoms with van der Waals surface area (Å²) in [4.78, 5) is 13.1. The number of hydrogen-bond acceptors (Lipinski definition) is 3. The van der Waals surface area contributed by atoms with Crippen LogP contribution in [0.1, 0.15) is 0 Å². The van der Waals surface area contributed by atoms with Gasteiger partial charge in [-0.25, -0.2) is 4.39 Å². The monoisotopic (exact) mass is 288 g/mol. The molecule has 1 atom stereocenters. The number of carbonyl (C=O) groups excluding carboxylic acids is 1. The highest BCUT2D eigenvalue weighted by Crippen LogP contribution is 2.37. The molecule has 0 aliphatic carbocycles. The van der Waals surface area contributed by atoms with Crippen LogP contribution >= 0.6 is 15.9 Å². The van der Waals surface area contributed by atoms with Gasteiger partial charge in [-0.15, -0.1) is 0 Å². The third kappa shape index (κ3) is 1.68. The number of rotatable bonds is 1. The van der Waals surface area contributed by atoms with E-state index >= 15 is 0 Å². The van der Waals surface area contributed by atoms with Crippen molar-refractivity contribution in [3.05, 3.63) is 22.4 Å². The first kappa shape index (κ1) is 11.3. The van der Waals surface area contributed by atoms with Crippen molar-refractivity contribution in [3.8, 4) is 5.75 Å². The molecule has 1 aromatic carbocycles. The highest BCUT2D eigenvalue weighted by molar-refractivity contribution is 9.10. The number of nitrogens with zero attached hydrogens (tertiary/aromatic N) is 1. The fraction of sp³-hybridized carbons (Fsp3) is 0.300. The minimum Gasteiger partial charge on any atom is -0.474 e. The summed E-state index contributed by atoms with van der Waals surface area (Å²) in [5.41, 5.74) is 5.79. The van der Waals surface area contributed by atoms with Gasteiger partial charge in [-0.1, -0.05) is 15.9 Å². The van der Waals surface area contributed by atoms with Gasteiger partial charge in [0.2, 0.25) is 0 Å². The highest BCUT2D eigenvalue weighted by atomic mass is 79.9. The van der Waals surface area contributed by atoms with E-state index in [0.717, 1.165) is 0 Å². The normalized spacial score (nSPS) is 19.4. The Morgan fingerprint density at radius 1 is 1.62 bits per heavy atom. The maximum atomic E-state index is 13.6. The number of halogens is 2. The Bertz CT molecular complexity index is 453. The first-order chi connectivity index (χ1) is 7.54. The summed E-state index contributed by atoms with van der Waals surface area (Å²) >= 11 is 3.16. The molecule has 1 amide bonds. The Kier molecular flexibility index (Phi) is 2.86. The highest BCUT2D eigenvalue weighted by Gasteiger charge is 2.33. The van der Waals surface area contributed by atoms with E-state index in [2.05, 4.69) is 15.9 Å². The summed E-state index contributed by atoms with van der Waals surface area (Å²) in [6.07, 6.45) is -0.812. The molecule has 2 rings (SSSR count). The molecule has 0 bridgehead atoms. The van der Waals surface area contributed by atoms with Crippen molar-refractivity contribution < 1.29 is 13.9 Å². The van der Waals surface area contributed by atoms with Crippen molar-refractivity contribution in [1.29, 1.82) is 0 Å². The number of benzene rings is 1. The summed E-state index contributed by atoms with van der Waals surface area (Å²) in [6, 6.07) is 2.92. The van der Waals surface area contributed by atoms with Crippen LogP contribution in [0.3, 0.4) is 0 Å². The molecule has 6 heteroatoms. The van der Waals surface area contributed by atoms with E-state index in [1.165, 1.54) is 11.0 Å². The molecule has 86 valence electrons. The van der Waals surface area contributed by atoms with Crippen LogP contribution < -0.4 is 15.4 Å². The number of likely N-dealkylation sites (N-methyl/N-ethyl adjacent to an activating group) is 1. The van der Waals surface area contributed by atoms with Crippen molar-refractivity contribution in [2.75, 3.05) is 18.5 Å². The Morgan fingerprint density at radius 3 is 2.94 bits per heavy atom. The van der Waals surface area contributed by atoms with Crippen molar-refractivity contribution >= 4 is 27.5 Å². The van der Waals surface area contributed by atoms with E-state index in [1.54, 1.807) is 13.1 Å². The zero-order valence-corrected chi connectivity index (χ0v) is 10.1. The molecule has 0 aromatic heterocycles. The number of hydrogen-bond donors (Lipinski definition) is 1. The number of nitrogens with two attached hydrogens (primary N) is 1. The molecule has 2 N–H and O–H groups in total. The van der Waals surface area contributed by atoms with Crippen LogP contribution in [0.4, 0.5) is 10.1 Å². The van der Waals surface area contributed by atoms with Gasteiger partial charge in [0.05, 0.1) is 5.69 Å². The number of amides is 1. The van der Waals surface area contributed by atoms with Gasteiger partial charge in [-0.3, -0.25) is 4.79 Å². The lowest BCUT2D eigenvalue weighted by Gasteiger charge is -2.31. The van der Waals surface area contributed by atoms with Crippen LogP contribution in [-0.2, 0) is 4.79 Å². The second kappa shape index (κ2) is 4.03. The standard InChI is InChI=1S/C10H10BrFN2O2/c1-14-7-3-5(11)2-6(12)9(7)16-8(4-13)10(14)15/h2-3,8H,4,13H2,1H3. The molecule has 1 heterocycles. The smallest absolute Gasteiger partial charge is 0.269 e. The fourth-order valence-electron chi connectivity index (χ4n) is 1.59. The van der Waals surface area contributed by atoms with Crippen LogP contribution in [0.15, 0.2) is 16.6 Å². The lowest BCUT2D eigenvalue weighted by Crippen LogP contribution is -2.47. The van der Waals surface area contributed by atoms with E-state index in [9.17, 15) is 9.18 Å². The number of anilines is 1. The molecular weight excluding hydrogens is 279 g/mol. The van der Waals surface area contributed by atoms with Crippen LogP contribution in [0.5, 0.6) is 5.75 Å². The molecule has 1 aromatic rings. The molecule has 16 heavy (non-hydrogen) atoms. The van der Waals surface area contributed by atoms with E-state index in [4.69, 9.17) is 10.5 Å². The van der Waals surface area contributed by atoms with Crippen molar-refractivity contribution in [2.45, 2.75) is 6.10 Å². The molecule has 0 spiro atoms. The molecule has 0 fully saturated rings. The molecule has 1 aliphatic heterocycles. The molecular formula is C10H10BrFN2O2. The summed E-state index contributed by atoms with van der Waals surface area (Å²) in [7, 11) is 1.57. The Morgan fingerprint density at radius 2 is 2.31 bits per heavy atom. The molecule has 0 radical (unpaired) electrons. The minimum absolute atomic E-state index is 0.0259. The second-order valence-electron chi connectivity index (χ2n) is 3.48. The maximum Gasteiger partial charge on any atom is 0.269 e. The molecule has 1 unspecified atom stereocenters. The Hall–Kier alpha value is -1.14. The lowest BCUT2D eigenvalue weighted by atomic mass is 10.2. The van der Waals surface area contributed by atoms with Gasteiger partial charge in [0, 0.05) is 18.1 Å². The first-order valence-electron chi connectivity index (χ1n) is 4.68. The van der Waals surface area contributed by atoms with Crippen LogP contribution in [-0.4, -0.2) is 25.6 Å². The van der Waals surface area contributed by atoms with Crippen molar-refractivity contribution in [3.63, 3.8) is 0 Å². The van der Waals surface area contributed by atoms with Crippen molar-refractivity contribution in [1.82, 2.24) is 0 Å². The van der Waals surface area contributed by atoms with E-state index in [-0.39, 0.29) is 18.2 Å². The predicted molar refractivity (Wildman–Crippen MR) is 61.0 cm³/mol. The summed E-state index contributed by atoms with van der Waals surface area (Å²) in [5.74, 6) is -0.713. The van der Waals surface area contributed by atoms with Gasteiger partial charge in [-0.2, -0.15) is 0 Å². The zero-order chi connectivity index (χ0) is 11.9. The number of carbonyl (C=O) groups is 1. The van der Waals surface area contributed by atoms with Gasteiger partial charge in [0.15, 0.2) is 17.7 Å². The van der Waals surface area contributed by atoms with Crippen LogP contribution in [0, 0.1) is 5.82 Å². The third-order valence-electron chi connectivity index (χ3n) is 2.43. The Balaban J connectivity index is 2.54. The van der Waals surface area contributed by atoms with E-state index in [0.29, 0.717) is 10.2 Å². The van der Waals surface area contributed by atoms with Crippen molar-refractivity contribution in [2.24, 2.45) is 5.73 Å². The van der Waals surface area contributed by atoms with Gasteiger partial charge in [0.1, 0.15) is 0 Å². The quantitative estimate of drug-likeness (QED) is 0.847. The topological polar surface area (TPSA) is 55.6 Å². The lowest BCUT2D eigenvalue weighted by molar-refractivity contribution is -0.125. The van der Waals surface area contributed by atoms with Gasteiger partial charge < -0.3 is 15.4 Å². The minimum atomic E-state index is -0.812. The second-order valence-corrected chi connectivity index (χ2v) is 4.39.